The smallest absolute Gasteiger partial charge is 0.337 e. The first-order chi connectivity index (χ1) is 15.5. The molecule has 1 N–H and O–H groups in total. The molecule has 6 nitrogen and oxygen atoms in total. The van der Waals surface area contributed by atoms with Gasteiger partial charge in [0.1, 0.15) is 0 Å². The molecule has 1 amide bonds. The van der Waals surface area contributed by atoms with E-state index >= 15 is 0 Å². The van der Waals surface area contributed by atoms with Crippen molar-refractivity contribution in [1.82, 2.24) is 14.9 Å². The van der Waals surface area contributed by atoms with Crippen LogP contribution in [0.1, 0.15) is 44.9 Å². The normalized spacial score (nSPS) is 11.8. The summed E-state index contributed by atoms with van der Waals surface area (Å²) in [6, 6.07) is 18.1. The molecule has 0 aliphatic heterocycles. The third kappa shape index (κ3) is 4.50. The van der Waals surface area contributed by atoms with E-state index in [2.05, 4.69) is 10.3 Å². The topological polar surface area (TPSA) is 73.2 Å². The van der Waals surface area contributed by atoms with Gasteiger partial charge in [0.25, 0.3) is 5.91 Å². The van der Waals surface area contributed by atoms with E-state index in [1.165, 1.54) is 7.11 Å². The highest BCUT2D eigenvalue weighted by molar-refractivity contribution is 6.30. The molecule has 0 saturated heterocycles. The van der Waals surface area contributed by atoms with Crippen LogP contribution in [0.2, 0.25) is 5.02 Å². The molecule has 0 fully saturated rings. The molecule has 4 rings (SSSR count). The van der Waals surface area contributed by atoms with E-state index in [1.54, 1.807) is 24.4 Å². The molecular formula is C25H22ClN3O3. The Hall–Kier alpha value is -3.64. The van der Waals surface area contributed by atoms with E-state index in [4.69, 9.17) is 16.3 Å². The van der Waals surface area contributed by atoms with Gasteiger partial charge in [-0.2, -0.15) is 0 Å². The molecule has 2 aromatic carbocycles. The second-order valence-corrected chi connectivity index (χ2v) is 7.90. The molecule has 0 aliphatic carbocycles. The molecule has 0 saturated carbocycles. The zero-order valence-electron chi connectivity index (χ0n) is 17.7. The SMILES string of the molecule is COC(=O)c1ccc([C@H](C)NC(=O)c2cccc3ccn(Cc4ccc(Cl)cn4)c23)cc1. The van der Waals surface area contributed by atoms with Gasteiger partial charge in [-0.25, -0.2) is 4.79 Å². The van der Waals surface area contributed by atoms with Crippen LogP contribution in [0.3, 0.4) is 0 Å². The number of carbonyl (C=O) groups is 2. The van der Waals surface area contributed by atoms with Crippen molar-refractivity contribution < 1.29 is 14.3 Å². The first-order valence-electron chi connectivity index (χ1n) is 10.1. The van der Waals surface area contributed by atoms with Gasteiger partial charge in [-0.1, -0.05) is 35.9 Å². The number of methoxy groups -OCH3 is 1. The zero-order chi connectivity index (χ0) is 22.7. The molecule has 0 radical (unpaired) electrons. The lowest BCUT2D eigenvalue weighted by Crippen LogP contribution is -2.27. The van der Waals surface area contributed by atoms with Gasteiger partial charge in [0.05, 0.1) is 47.1 Å². The summed E-state index contributed by atoms with van der Waals surface area (Å²) in [5.74, 6) is -0.569. The summed E-state index contributed by atoms with van der Waals surface area (Å²) >= 11 is 5.94. The molecule has 0 aliphatic rings. The Labute approximate surface area is 190 Å². The van der Waals surface area contributed by atoms with Crippen molar-refractivity contribution in [3.05, 3.63) is 100 Å². The van der Waals surface area contributed by atoms with Gasteiger partial charge in [-0.15, -0.1) is 0 Å². The van der Waals surface area contributed by atoms with E-state index in [-0.39, 0.29) is 11.9 Å². The number of para-hydroxylation sites is 1. The summed E-state index contributed by atoms with van der Waals surface area (Å²) in [5.41, 5.74) is 3.63. The molecular weight excluding hydrogens is 426 g/mol. The van der Waals surface area contributed by atoms with Gasteiger partial charge >= 0.3 is 5.97 Å². The molecule has 0 spiro atoms. The number of aromatic nitrogens is 2. The van der Waals surface area contributed by atoms with Crippen LogP contribution in [0.5, 0.6) is 0 Å². The first-order valence-corrected chi connectivity index (χ1v) is 10.5. The predicted molar refractivity (Wildman–Crippen MR) is 124 cm³/mol. The minimum absolute atomic E-state index is 0.177. The highest BCUT2D eigenvalue weighted by Gasteiger charge is 2.17. The minimum atomic E-state index is -0.393. The number of carbonyl (C=O) groups excluding carboxylic acids is 2. The van der Waals surface area contributed by atoms with Crippen LogP contribution in [0.25, 0.3) is 10.9 Å². The largest absolute Gasteiger partial charge is 0.465 e. The minimum Gasteiger partial charge on any atom is -0.465 e. The number of nitrogens with zero attached hydrogens (tertiary/aromatic N) is 2. The molecule has 1 atom stereocenters. The fourth-order valence-electron chi connectivity index (χ4n) is 3.63. The summed E-state index contributed by atoms with van der Waals surface area (Å²) < 4.78 is 6.74. The maximum absolute atomic E-state index is 13.2. The lowest BCUT2D eigenvalue weighted by molar-refractivity contribution is 0.0600. The Balaban J connectivity index is 1.57. The number of esters is 1. The van der Waals surface area contributed by atoms with Crippen LogP contribution in [0.4, 0.5) is 0 Å². The van der Waals surface area contributed by atoms with E-state index in [1.807, 2.05) is 60.2 Å². The Morgan fingerprint density at radius 3 is 2.56 bits per heavy atom. The van der Waals surface area contributed by atoms with E-state index < -0.39 is 5.97 Å². The fourth-order valence-corrected chi connectivity index (χ4v) is 3.75. The van der Waals surface area contributed by atoms with E-state index in [0.717, 1.165) is 22.2 Å². The molecule has 0 bridgehead atoms. The lowest BCUT2D eigenvalue weighted by atomic mass is 10.0. The lowest BCUT2D eigenvalue weighted by Gasteiger charge is -2.16. The second-order valence-electron chi connectivity index (χ2n) is 7.46. The highest BCUT2D eigenvalue weighted by atomic mass is 35.5. The van der Waals surface area contributed by atoms with Crippen molar-refractivity contribution in [3.63, 3.8) is 0 Å². The van der Waals surface area contributed by atoms with Gasteiger partial charge in [-0.3, -0.25) is 9.78 Å². The fraction of sp³-hybridized carbons (Fsp3) is 0.160. The van der Waals surface area contributed by atoms with E-state index in [9.17, 15) is 9.59 Å². The van der Waals surface area contributed by atoms with Crippen molar-refractivity contribution in [2.24, 2.45) is 0 Å². The Morgan fingerprint density at radius 1 is 1.09 bits per heavy atom. The maximum Gasteiger partial charge on any atom is 0.337 e. The predicted octanol–water partition coefficient (Wildman–Crippen LogP) is 5.02. The molecule has 162 valence electrons. The number of pyridine rings is 1. The number of rotatable bonds is 6. The summed E-state index contributed by atoms with van der Waals surface area (Å²) in [7, 11) is 1.35. The van der Waals surface area contributed by atoms with Crippen molar-refractivity contribution in [2.45, 2.75) is 19.5 Å². The van der Waals surface area contributed by atoms with Crippen LogP contribution >= 0.6 is 11.6 Å². The van der Waals surface area contributed by atoms with Crippen molar-refractivity contribution in [1.29, 1.82) is 0 Å². The first kappa shape index (κ1) is 21.6. The molecule has 2 heterocycles. The number of hydrogen-bond acceptors (Lipinski definition) is 4. The number of ether oxygens (including phenoxy) is 1. The summed E-state index contributed by atoms with van der Waals surface area (Å²) in [6.45, 7) is 2.43. The van der Waals surface area contributed by atoms with Crippen molar-refractivity contribution in [3.8, 4) is 0 Å². The monoisotopic (exact) mass is 447 g/mol. The second kappa shape index (κ2) is 9.24. The molecule has 4 aromatic rings. The Morgan fingerprint density at radius 2 is 1.88 bits per heavy atom. The highest BCUT2D eigenvalue weighted by Crippen LogP contribution is 2.23. The average molecular weight is 448 g/mol. The number of amides is 1. The summed E-state index contributed by atoms with van der Waals surface area (Å²) in [4.78, 5) is 29.2. The van der Waals surface area contributed by atoms with Gasteiger partial charge < -0.3 is 14.6 Å². The summed E-state index contributed by atoms with van der Waals surface area (Å²) in [5, 5.41) is 4.61. The third-order valence-electron chi connectivity index (χ3n) is 5.33. The quantitative estimate of drug-likeness (QED) is 0.421. The van der Waals surface area contributed by atoms with Gasteiger partial charge in [0, 0.05) is 17.8 Å². The third-order valence-corrected chi connectivity index (χ3v) is 5.56. The number of hydrogen-bond donors (Lipinski definition) is 1. The number of nitrogens with one attached hydrogen (secondary N) is 1. The van der Waals surface area contributed by atoms with Gasteiger partial charge in [0.2, 0.25) is 0 Å². The Kier molecular flexibility index (Phi) is 6.23. The average Bonchev–Trinajstić information content (AvgIpc) is 3.23. The van der Waals surface area contributed by atoms with Gasteiger partial charge in [-0.05, 0) is 48.9 Å². The van der Waals surface area contributed by atoms with Crippen LogP contribution < -0.4 is 5.32 Å². The number of halogens is 1. The molecule has 32 heavy (non-hydrogen) atoms. The van der Waals surface area contributed by atoms with Crippen LogP contribution in [-0.4, -0.2) is 28.5 Å². The van der Waals surface area contributed by atoms with Crippen molar-refractivity contribution >= 4 is 34.4 Å². The van der Waals surface area contributed by atoms with Crippen LogP contribution in [0, 0.1) is 0 Å². The summed E-state index contributed by atoms with van der Waals surface area (Å²) in [6.07, 6.45) is 3.57. The van der Waals surface area contributed by atoms with Crippen LogP contribution in [-0.2, 0) is 11.3 Å². The molecule has 0 unspecified atom stereocenters. The standard InChI is InChI=1S/C25H22ClN3O3/c1-16(17-6-8-19(9-7-17)25(31)32-2)28-24(30)22-5-3-4-18-12-13-29(23(18)22)15-21-11-10-20(26)14-27-21/h3-14,16H,15H2,1-2H3,(H,28,30)/t16-/m0/s1. The van der Waals surface area contributed by atoms with Crippen LogP contribution in [0.15, 0.2) is 73.1 Å². The number of fused-ring (bicyclic) bond motifs is 1. The zero-order valence-corrected chi connectivity index (χ0v) is 18.5. The van der Waals surface area contributed by atoms with Crippen molar-refractivity contribution in [2.75, 3.05) is 7.11 Å². The van der Waals surface area contributed by atoms with E-state index in [0.29, 0.717) is 22.7 Å². The molecule has 2 aromatic heterocycles. The maximum atomic E-state index is 13.2. The van der Waals surface area contributed by atoms with Gasteiger partial charge in [0.15, 0.2) is 0 Å². The Bertz CT molecular complexity index is 1260. The molecule has 7 heteroatoms. The number of benzene rings is 2.